The van der Waals surface area contributed by atoms with Crippen LogP contribution >= 0.6 is 0 Å². The molecule has 0 aromatic carbocycles. The SMILES string of the molecule is CCn1ncc(NC(=O)c2cc3nc(C(C)(C)C)cc(C(F)(F)F)n3n2)c1C(=O)N1CCOCC1. The van der Waals surface area contributed by atoms with E-state index in [1.165, 1.54) is 16.9 Å². The summed E-state index contributed by atoms with van der Waals surface area (Å²) in [6.07, 6.45) is -3.37. The summed E-state index contributed by atoms with van der Waals surface area (Å²) in [6.45, 7) is 9.01. The molecular weight excluding hydrogens is 467 g/mol. The predicted molar refractivity (Wildman–Crippen MR) is 119 cm³/mol. The Morgan fingerprint density at radius 2 is 1.83 bits per heavy atom. The molecule has 3 aromatic rings. The highest BCUT2D eigenvalue weighted by Crippen LogP contribution is 2.32. The third-order valence-electron chi connectivity index (χ3n) is 5.61. The zero-order valence-corrected chi connectivity index (χ0v) is 19.8. The number of ether oxygens (including phenoxy) is 1. The fourth-order valence-electron chi connectivity index (χ4n) is 3.72. The first-order valence-corrected chi connectivity index (χ1v) is 11.1. The van der Waals surface area contributed by atoms with Crippen molar-refractivity contribution in [1.82, 2.24) is 29.3 Å². The first kappa shape index (κ1) is 24.6. The Balaban J connectivity index is 1.69. The van der Waals surface area contributed by atoms with E-state index in [2.05, 4.69) is 20.5 Å². The van der Waals surface area contributed by atoms with Crippen LogP contribution in [0.15, 0.2) is 18.3 Å². The van der Waals surface area contributed by atoms with Gasteiger partial charge in [-0.1, -0.05) is 20.8 Å². The zero-order chi connectivity index (χ0) is 25.5. The number of alkyl halides is 3. The average Bonchev–Trinajstić information content (AvgIpc) is 3.41. The summed E-state index contributed by atoms with van der Waals surface area (Å²) in [4.78, 5) is 32.0. The minimum Gasteiger partial charge on any atom is -0.378 e. The van der Waals surface area contributed by atoms with Gasteiger partial charge in [0.15, 0.2) is 11.3 Å². The molecule has 1 aliphatic heterocycles. The second-order valence-corrected chi connectivity index (χ2v) is 9.16. The van der Waals surface area contributed by atoms with E-state index in [4.69, 9.17) is 4.74 Å². The molecule has 0 unspecified atom stereocenters. The van der Waals surface area contributed by atoms with Crippen LogP contribution < -0.4 is 5.32 Å². The van der Waals surface area contributed by atoms with Crippen LogP contribution in [0, 0.1) is 0 Å². The van der Waals surface area contributed by atoms with Crippen molar-refractivity contribution < 1.29 is 27.5 Å². The van der Waals surface area contributed by atoms with Crippen molar-refractivity contribution >= 4 is 23.1 Å². The van der Waals surface area contributed by atoms with Gasteiger partial charge in [-0.2, -0.15) is 23.4 Å². The maximum atomic E-state index is 13.8. The second kappa shape index (κ2) is 8.95. The fraction of sp³-hybridized carbons (Fsp3) is 0.500. The topological polar surface area (TPSA) is 107 Å². The zero-order valence-electron chi connectivity index (χ0n) is 19.8. The van der Waals surface area contributed by atoms with Gasteiger partial charge < -0.3 is 15.0 Å². The van der Waals surface area contributed by atoms with E-state index < -0.39 is 23.2 Å². The summed E-state index contributed by atoms with van der Waals surface area (Å²) >= 11 is 0. The van der Waals surface area contributed by atoms with Crippen LogP contribution in [0.1, 0.15) is 60.1 Å². The molecule has 35 heavy (non-hydrogen) atoms. The lowest BCUT2D eigenvalue weighted by Crippen LogP contribution is -2.41. The predicted octanol–water partition coefficient (Wildman–Crippen LogP) is 2.99. The van der Waals surface area contributed by atoms with Gasteiger partial charge >= 0.3 is 6.18 Å². The third-order valence-corrected chi connectivity index (χ3v) is 5.61. The molecule has 2 amide bonds. The Morgan fingerprint density at radius 1 is 1.14 bits per heavy atom. The molecule has 1 aliphatic rings. The summed E-state index contributed by atoms with van der Waals surface area (Å²) in [5, 5.41) is 10.6. The van der Waals surface area contributed by atoms with Crippen LogP contribution in [0.4, 0.5) is 18.9 Å². The van der Waals surface area contributed by atoms with Crippen LogP contribution in [0.25, 0.3) is 5.65 Å². The number of halogens is 3. The van der Waals surface area contributed by atoms with Crippen molar-refractivity contribution in [2.75, 3.05) is 31.6 Å². The first-order chi connectivity index (χ1) is 16.4. The van der Waals surface area contributed by atoms with Crippen LogP contribution in [-0.4, -0.2) is 67.4 Å². The van der Waals surface area contributed by atoms with Gasteiger partial charge in [-0.15, -0.1) is 0 Å². The number of rotatable bonds is 4. The minimum absolute atomic E-state index is 0.108. The van der Waals surface area contributed by atoms with Crippen molar-refractivity contribution in [2.24, 2.45) is 0 Å². The van der Waals surface area contributed by atoms with Crippen molar-refractivity contribution in [2.45, 2.75) is 45.8 Å². The number of hydrogen-bond donors (Lipinski definition) is 1. The largest absolute Gasteiger partial charge is 0.433 e. The number of fused-ring (bicyclic) bond motifs is 1. The number of carbonyl (C=O) groups is 2. The molecule has 1 N–H and O–H groups in total. The molecule has 4 heterocycles. The van der Waals surface area contributed by atoms with Crippen LogP contribution in [0.3, 0.4) is 0 Å². The molecule has 0 atom stereocenters. The maximum Gasteiger partial charge on any atom is 0.433 e. The molecule has 1 saturated heterocycles. The van der Waals surface area contributed by atoms with Crippen molar-refractivity contribution in [3.05, 3.63) is 41.1 Å². The van der Waals surface area contributed by atoms with E-state index in [0.29, 0.717) is 37.4 Å². The molecule has 13 heteroatoms. The molecule has 0 saturated carbocycles. The number of nitrogens with zero attached hydrogens (tertiary/aromatic N) is 6. The molecule has 0 spiro atoms. The van der Waals surface area contributed by atoms with Gasteiger partial charge in [0.2, 0.25) is 0 Å². The highest BCUT2D eigenvalue weighted by atomic mass is 19.4. The normalized spacial score (nSPS) is 15.0. The first-order valence-electron chi connectivity index (χ1n) is 11.1. The Kier molecular flexibility index (Phi) is 6.30. The smallest absolute Gasteiger partial charge is 0.378 e. The van der Waals surface area contributed by atoms with Gasteiger partial charge in [0.1, 0.15) is 11.4 Å². The summed E-state index contributed by atoms with van der Waals surface area (Å²) in [7, 11) is 0. The van der Waals surface area contributed by atoms with E-state index in [9.17, 15) is 22.8 Å². The Hall–Kier alpha value is -3.48. The van der Waals surface area contributed by atoms with E-state index in [1.54, 1.807) is 32.6 Å². The van der Waals surface area contributed by atoms with Crippen LogP contribution in [-0.2, 0) is 22.9 Å². The lowest BCUT2D eigenvalue weighted by Gasteiger charge is -2.27. The van der Waals surface area contributed by atoms with E-state index >= 15 is 0 Å². The highest BCUT2D eigenvalue weighted by molar-refractivity contribution is 6.07. The molecule has 3 aromatic heterocycles. The molecular formula is C22H26F3N7O3. The number of nitrogens with one attached hydrogen (secondary N) is 1. The number of hydrogen-bond acceptors (Lipinski definition) is 6. The Labute approximate surface area is 199 Å². The van der Waals surface area contributed by atoms with Gasteiger partial charge in [-0.05, 0) is 13.0 Å². The van der Waals surface area contributed by atoms with Gasteiger partial charge in [-0.3, -0.25) is 14.3 Å². The van der Waals surface area contributed by atoms with Gasteiger partial charge in [-0.25, -0.2) is 9.50 Å². The lowest BCUT2D eigenvalue weighted by atomic mass is 9.91. The van der Waals surface area contributed by atoms with E-state index in [1.807, 2.05) is 0 Å². The van der Waals surface area contributed by atoms with Crippen molar-refractivity contribution in [3.8, 4) is 0 Å². The molecule has 0 aliphatic carbocycles. The number of morpholine rings is 1. The number of aromatic nitrogens is 5. The molecule has 4 rings (SSSR count). The quantitative estimate of drug-likeness (QED) is 0.599. The molecule has 188 valence electrons. The Morgan fingerprint density at radius 3 is 2.43 bits per heavy atom. The molecule has 0 bridgehead atoms. The minimum atomic E-state index is -4.71. The van der Waals surface area contributed by atoms with Crippen molar-refractivity contribution in [3.63, 3.8) is 0 Å². The fourth-order valence-corrected chi connectivity index (χ4v) is 3.72. The average molecular weight is 493 g/mol. The summed E-state index contributed by atoms with van der Waals surface area (Å²) in [5.74, 6) is -1.11. The van der Waals surface area contributed by atoms with Crippen LogP contribution in [0.5, 0.6) is 0 Å². The summed E-state index contributed by atoms with van der Waals surface area (Å²) in [5.41, 5.74) is -1.54. The maximum absolute atomic E-state index is 13.8. The second-order valence-electron chi connectivity index (χ2n) is 9.16. The molecule has 10 nitrogen and oxygen atoms in total. The lowest BCUT2D eigenvalue weighted by molar-refractivity contribution is -0.142. The van der Waals surface area contributed by atoms with Crippen molar-refractivity contribution in [1.29, 1.82) is 0 Å². The third kappa shape index (κ3) is 4.85. The van der Waals surface area contributed by atoms with E-state index in [0.717, 1.165) is 6.07 Å². The number of amides is 2. The van der Waals surface area contributed by atoms with Gasteiger partial charge in [0, 0.05) is 31.1 Å². The highest BCUT2D eigenvalue weighted by Gasteiger charge is 2.37. The molecule has 1 fully saturated rings. The number of aryl methyl sites for hydroxylation is 1. The summed E-state index contributed by atoms with van der Waals surface area (Å²) < 4.78 is 48.6. The van der Waals surface area contributed by atoms with Crippen LogP contribution in [0.2, 0.25) is 0 Å². The standard InChI is InChI=1S/C22H26F3N7O3/c1-5-31-18(20(34)30-6-8-35-9-7-30)14(12-26-31)27-19(33)13-10-17-28-15(21(2,3)4)11-16(22(23,24)25)32(17)29-13/h10-12H,5-9H2,1-4H3,(H,27,33). The number of carbonyl (C=O) groups excluding carboxylic acids is 2. The van der Waals surface area contributed by atoms with Gasteiger partial charge in [0.05, 0.1) is 30.8 Å². The Bertz CT molecular complexity index is 1270. The monoisotopic (exact) mass is 493 g/mol. The molecule has 0 radical (unpaired) electrons. The summed E-state index contributed by atoms with van der Waals surface area (Å²) in [6, 6.07) is 2.12. The van der Waals surface area contributed by atoms with E-state index in [-0.39, 0.29) is 34.3 Å². The number of anilines is 1. The van der Waals surface area contributed by atoms with Gasteiger partial charge in [0.25, 0.3) is 11.8 Å².